The molecule has 0 aliphatic rings. The smallest absolute Gasteiger partial charge is 0.326 e. The lowest BCUT2D eigenvalue weighted by Gasteiger charge is -2.25. The van der Waals surface area contributed by atoms with E-state index in [4.69, 9.17) is 5.73 Å². The zero-order valence-corrected chi connectivity index (χ0v) is 20.3. The second-order valence-corrected chi connectivity index (χ2v) is 9.26. The summed E-state index contributed by atoms with van der Waals surface area (Å²) < 4.78 is 0. The Balaban J connectivity index is 2.83. The van der Waals surface area contributed by atoms with Crippen molar-refractivity contribution >= 4 is 23.7 Å². The fraction of sp³-hybridized carbons (Fsp3) is 0.583. The van der Waals surface area contributed by atoms with Gasteiger partial charge in [0.1, 0.15) is 18.1 Å². The van der Waals surface area contributed by atoms with E-state index < -0.39 is 54.5 Å². The highest BCUT2D eigenvalue weighted by Crippen LogP contribution is 2.09. The van der Waals surface area contributed by atoms with Gasteiger partial charge in [-0.15, -0.1) is 0 Å². The average molecular weight is 479 g/mol. The Bertz CT molecular complexity index is 815. The van der Waals surface area contributed by atoms with Crippen molar-refractivity contribution in [3.63, 3.8) is 0 Å². The Kier molecular flexibility index (Phi) is 12.2. The maximum absolute atomic E-state index is 12.8. The first-order valence-corrected chi connectivity index (χ1v) is 11.5. The molecule has 4 atom stereocenters. The third kappa shape index (κ3) is 10.3. The Morgan fingerprint density at radius 3 is 1.76 bits per heavy atom. The summed E-state index contributed by atoms with van der Waals surface area (Å²) in [5, 5.41) is 26.5. The van der Waals surface area contributed by atoms with Crippen LogP contribution in [-0.2, 0) is 25.6 Å². The van der Waals surface area contributed by atoms with Crippen molar-refractivity contribution in [3.8, 4) is 0 Å². The molecule has 0 aliphatic heterocycles. The van der Waals surface area contributed by atoms with E-state index >= 15 is 0 Å². The van der Waals surface area contributed by atoms with E-state index in [-0.39, 0.29) is 31.1 Å². The number of carbonyl (C=O) groups excluding carboxylic acids is 3. The fourth-order valence-electron chi connectivity index (χ4n) is 3.37. The summed E-state index contributed by atoms with van der Waals surface area (Å²) in [6.07, 6.45) is 0.723. The average Bonchev–Trinajstić information content (AvgIpc) is 2.76. The van der Waals surface area contributed by atoms with Gasteiger partial charge < -0.3 is 31.9 Å². The summed E-state index contributed by atoms with van der Waals surface area (Å²) in [6.45, 7) is 6.68. The lowest BCUT2D eigenvalue weighted by atomic mass is 10.00. The molecular weight excluding hydrogens is 440 g/mol. The van der Waals surface area contributed by atoms with Crippen LogP contribution >= 0.6 is 0 Å². The standard InChI is InChI=1S/C24H38N4O6/c1-14(2)10-18(22(31)27-19(24(33)34)11-15(3)4)26-23(32)20(13-29)28-21(30)17(25)12-16-8-6-5-7-9-16/h5-9,14-15,17-20,29H,10-13,25H2,1-4H3,(H,26,32)(H,27,31)(H,28,30)(H,33,34). The van der Waals surface area contributed by atoms with E-state index in [2.05, 4.69) is 16.0 Å². The van der Waals surface area contributed by atoms with Gasteiger partial charge in [0, 0.05) is 0 Å². The number of nitrogens with two attached hydrogens (primary N) is 1. The minimum atomic E-state index is -1.32. The van der Waals surface area contributed by atoms with Gasteiger partial charge in [-0.3, -0.25) is 14.4 Å². The van der Waals surface area contributed by atoms with Crippen LogP contribution in [0, 0.1) is 11.8 Å². The summed E-state index contributed by atoms with van der Waals surface area (Å²) in [7, 11) is 0. The number of carboxylic acid groups (broad SMARTS) is 1. The summed E-state index contributed by atoms with van der Waals surface area (Å²) in [4.78, 5) is 49.5. The van der Waals surface area contributed by atoms with Gasteiger partial charge in [0.15, 0.2) is 0 Å². The van der Waals surface area contributed by atoms with Gasteiger partial charge in [-0.05, 0) is 36.7 Å². The lowest BCUT2D eigenvalue weighted by Crippen LogP contribution is -2.58. The first kappa shape index (κ1) is 29.1. The van der Waals surface area contributed by atoms with Gasteiger partial charge in [-0.1, -0.05) is 58.0 Å². The van der Waals surface area contributed by atoms with Crippen LogP contribution in [0.5, 0.6) is 0 Å². The zero-order valence-electron chi connectivity index (χ0n) is 20.3. The number of rotatable bonds is 14. The van der Waals surface area contributed by atoms with Crippen molar-refractivity contribution in [3.05, 3.63) is 35.9 Å². The van der Waals surface area contributed by atoms with Crippen molar-refractivity contribution in [2.24, 2.45) is 17.6 Å². The van der Waals surface area contributed by atoms with Gasteiger partial charge >= 0.3 is 5.97 Å². The van der Waals surface area contributed by atoms with Crippen LogP contribution in [0.4, 0.5) is 0 Å². The number of nitrogens with one attached hydrogen (secondary N) is 3. The van der Waals surface area contributed by atoms with Crippen molar-refractivity contribution < 1.29 is 29.4 Å². The molecule has 3 amide bonds. The topological polar surface area (TPSA) is 171 Å². The second-order valence-electron chi connectivity index (χ2n) is 9.26. The number of hydrogen-bond acceptors (Lipinski definition) is 6. The third-order valence-electron chi connectivity index (χ3n) is 5.11. The molecule has 0 spiro atoms. The quantitative estimate of drug-likeness (QED) is 0.221. The number of carboxylic acids is 1. The van der Waals surface area contributed by atoms with Crippen LogP contribution in [0.1, 0.15) is 46.1 Å². The molecule has 0 aliphatic carbocycles. The van der Waals surface area contributed by atoms with Gasteiger partial charge in [0.2, 0.25) is 17.7 Å². The summed E-state index contributed by atoms with van der Waals surface area (Å²) in [5.74, 6) is -3.15. The largest absolute Gasteiger partial charge is 0.480 e. The van der Waals surface area contributed by atoms with Crippen molar-refractivity contribution in [2.45, 2.75) is 71.1 Å². The zero-order chi connectivity index (χ0) is 25.8. The highest BCUT2D eigenvalue weighted by molar-refractivity contribution is 5.94. The van der Waals surface area contributed by atoms with Crippen LogP contribution in [0.15, 0.2) is 30.3 Å². The van der Waals surface area contributed by atoms with Crippen molar-refractivity contribution in [2.75, 3.05) is 6.61 Å². The first-order valence-electron chi connectivity index (χ1n) is 11.5. The molecule has 0 aromatic heterocycles. The van der Waals surface area contributed by atoms with Crippen LogP contribution in [0.3, 0.4) is 0 Å². The van der Waals surface area contributed by atoms with E-state index in [0.717, 1.165) is 5.56 Å². The van der Waals surface area contributed by atoms with Gasteiger partial charge in [-0.2, -0.15) is 0 Å². The van der Waals surface area contributed by atoms with Crippen LogP contribution < -0.4 is 21.7 Å². The number of aliphatic hydroxyl groups excluding tert-OH is 1. The highest BCUT2D eigenvalue weighted by Gasteiger charge is 2.30. The SMILES string of the molecule is CC(C)CC(NC(=O)C(CC(C)C)NC(=O)C(CO)NC(=O)C(N)Cc1ccccc1)C(=O)O. The monoisotopic (exact) mass is 478 g/mol. The molecule has 34 heavy (non-hydrogen) atoms. The first-order chi connectivity index (χ1) is 15.9. The molecule has 0 saturated heterocycles. The number of carbonyl (C=O) groups is 4. The molecule has 0 bridgehead atoms. The van der Waals surface area contributed by atoms with Gasteiger partial charge in [0.25, 0.3) is 0 Å². The van der Waals surface area contributed by atoms with Gasteiger partial charge in [-0.25, -0.2) is 4.79 Å². The molecule has 4 unspecified atom stereocenters. The molecule has 0 radical (unpaired) electrons. The highest BCUT2D eigenvalue weighted by atomic mass is 16.4. The minimum Gasteiger partial charge on any atom is -0.480 e. The molecule has 0 saturated carbocycles. The molecule has 0 heterocycles. The van der Waals surface area contributed by atoms with E-state index in [9.17, 15) is 29.4 Å². The number of amides is 3. The molecule has 1 aromatic carbocycles. The molecule has 1 rings (SSSR count). The van der Waals surface area contributed by atoms with Crippen molar-refractivity contribution in [1.29, 1.82) is 0 Å². The summed E-state index contributed by atoms with van der Waals surface area (Å²) in [6, 6.07) is 4.74. The predicted molar refractivity (Wildman–Crippen MR) is 128 cm³/mol. The molecule has 1 aromatic rings. The van der Waals surface area contributed by atoms with Crippen LogP contribution in [0.25, 0.3) is 0 Å². The maximum atomic E-state index is 12.8. The normalized spacial score (nSPS) is 14.7. The number of aliphatic carboxylic acids is 1. The lowest BCUT2D eigenvalue weighted by molar-refractivity contribution is -0.143. The minimum absolute atomic E-state index is 0.00545. The molecule has 7 N–H and O–H groups in total. The van der Waals surface area contributed by atoms with Crippen LogP contribution in [0.2, 0.25) is 0 Å². The Morgan fingerprint density at radius 2 is 1.26 bits per heavy atom. The molecule has 10 heteroatoms. The molecule has 10 nitrogen and oxygen atoms in total. The molecule has 190 valence electrons. The van der Waals surface area contributed by atoms with Crippen molar-refractivity contribution in [1.82, 2.24) is 16.0 Å². The Labute approximate surface area is 200 Å². The Morgan fingerprint density at radius 1 is 0.794 bits per heavy atom. The van der Waals surface area contributed by atoms with E-state index in [1.165, 1.54) is 0 Å². The fourth-order valence-corrected chi connectivity index (χ4v) is 3.37. The maximum Gasteiger partial charge on any atom is 0.326 e. The third-order valence-corrected chi connectivity index (χ3v) is 5.11. The molecular formula is C24H38N4O6. The summed E-state index contributed by atoms with van der Waals surface area (Å²) in [5.41, 5.74) is 6.79. The van der Waals surface area contributed by atoms with Crippen LogP contribution in [-0.4, -0.2) is 64.7 Å². The van der Waals surface area contributed by atoms with Gasteiger partial charge in [0.05, 0.1) is 12.6 Å². The second kappa shape index (κ2) is 14.3. The molecule has 0 fully saturated rings. The van der Waals surface area contributed by atoms with E-state index in [0.29, 0.717) is 0 Å². The van der Waals surface area contributed by atoms with E-state index in [1.54, 1.807) is 0 Å². The summed E-state index contributed by atoms with van der Waals surface area (Å²) >= 11 is 0. The Hall–Kier alpha value is -2.98. The predicted octanol–water partition coefficient (Wildman–Crippen LogP) is 0.180. The van der Waals surface area contributed by atoms with E-state index in [1.807, 2.05) is 58.0 Å². The number of aliphatic hydroxyl groups is 1. The number of benzene rings is 1. The number of hydrogen-bond donors (Lipinski definition) is 6.